The number of hydrogen-bond donors (Lipinski definition) is 2. The van der Waals surface area contributed by atoms with E-state index in [1.54, 1.807) is 30.3 Å². The van der Waals surface area contributed by atoms with Crippen LogP contribution in [0.15, 0.2) is 77.8 Å². The highest BCUT2D eigenvalue weighted by molar-refractivity contribution is 6.38. The Kier molecular flexibility index (Phi) is 3.53. The minimum absolute atomic E-state index is 0.0380. The minimum atomic E-state index is -0.697. The van der Waals surface area contributed by atoms with Crippen molar-refractivity contribution in [1.82, 2.24) is 0 Å². The molecule has 0 radical (unpaired) electrons. The topological polar surface area (TPSA) is 74.6 Å². The third-order valence-electron chi connectivity index (χ3n) is 4.85. The molecule has 0 saturated heterocycles. The van der Waals surface area contributed by atoms with E-state index in [9.17, 15) is 19.8 Å². The second-order valence-corrected chi connectivity index (χ2v) is 6.37. The smallest absolute Gasteiger partial charge is 0.232 e. The molecule has 25 heavy (non-hydrogen) atoms. The summed E-state index contributed by atoms with van der Waals surface area (Å²) in [6.45, 7) is 0. The molecule has 2 unspecified atom stereocenters. The first-order chi connectivity index (χ1) is 12.1. The SMILES string of the molecule is O=C1C(O)=C(C2CC2c2ccccc2)C(=O)C(O)=C1c1ccccc1. The van der Waals surface area contributed by atoms with Crippen molar-refractivity contribution in [1.29, 1.82) is 0 Å². The molecule has 4 rings (SSSR count). The molecule has 2 aliphatic carbocycles. The van der Waals surface area contributed by atoms with Crippen molar-refractivity contribution in [3.05, 3.63) is 88.9 Å². The first-order valence-corrected chi connectivity index (χ1v) is 8.15. The quantitative estimate of drug-likeness (QED) is 0.840. The Morgan fingerprint density at radius 3 is 1.96 bits per heavy atom. The highest BCUT2D eigenvalue weighted by Crippen LogP contribution is 2.54. The summed E-state index contributed by atoms with van der Waals surface area (Å²) in [6, 6.07) is 18.1. The Morgan fingerprint density at radius 1 is 0.720 bits per heavy atom. The van der Waals surface area contributed by atoms with Crippen molar-refractivity contribution in [2.45, 2.75) is 12.3 Å². The highest BCUT2D eigenvalue weighted by Gasteiger charge is 2.49. The summed E-state index contributed by atoms with van der Waals surface area (Å²) >= 11 is 0. The summed E-state index contributed by atoms with van der Waals surface area (Å²) in [4.78, 5) is 25.2. The van der Waals surface area contributed by atoms with Gasteiger partial charge in [0.1, 0.15) is 0 Å². The summed E-state index contributed by atoms with van der Waals surface area (Å²) in [5.74, 6) is -2.62. The molecule has 2 aromatic carbocycles. The van der Waals surface area contributed by atoms with E-state index in [1.165, 1.54) is 0 Å². The van der Waals surface area contributed by atoms with E-state index >= 15 is 0 Å². The lowest BCUT2D eigenvalue weighted by Gasteiger charge is -2.18. The van der Waals surface area contributed by atoms with Crippen molar-refractivity contribution in [2.75, 3.05) is 0 Å². The number of Topliss-reactive ketones (excluding diaryl/α,β-unsaturated/α-hetero) is 2. The van der Waals surface area contributed by atoms with Gasteiger partial charge < -0.3 is 10.2 Å². The largest absolute Gasteiger partial charge is 0.504 e. The summed E-state index contributed by atoms with van der Waals surface area (Å²) < 4.78 is 0. The number of aliphatic hydroxyl groups excluding tert-OH is 2. The average molecular weight is 332 g/mol. The highest BCUT2D eigenvalue weighted by atomic mass is 16.3. The van der Waals surface area contributed by atoms with Crippen LogP contribution in [0.25, 0.3) is 5.57 Å². The molecule has 0 spiro atoms. The van der Waals surface area contributed by atoms with Crippen molar-refractivity contribution in [2.24, 2.45) is 5.92 Å². The molecule has 2 aromatic rings. The van der Waals surface area contributed by atoms with Crippen molar-refractivity contribution in [3.63, 3.8) is 0 Å². The molecule has 0 heterocycles. The van der Waals surface area contributed by atoms with Crippen molar-refractivity contribution >= 4 is 17.1 Å². The lowest BCUT2D eigenvalue weighted by Crippen LogP contribution is -2.24. The van der Waals surface area contributed by atoms with E-state index < -0.39 is 23.1 Å². The van der Waals surface area contributed by atoms with Crippen LogP contribution in [0.5, 0.6) is 0 Å². The fourth-order valence-electron chi connectivity index (χ4n) is 3.50. The predicted molar refractivity (Wildman–Crippen MR) is 92.9 cm³/mol. The standard InChI is InChI=1S/C21H16O4/c22-18-16(13-9-5-2-6-10-13)19(23)21(25)17(20(18)24)15-11-14(15)12-7-3-1-4-8-12/h1-10,14-15,22,25H,11H2. The molecular weight excluding hydrogens is 316 g/mol. The molecule has 1 saturated carbocycles. The number of aliphatic hydroxyl groups is 2. The molecule has 2 atom stereocenters. The van der Waals surface area contributed by atoms with Gasteiger partial charge in [0, 0.05) is 0 Å². The first kappa shape index (κ1) is 15.4. The fourth-order valence-corrected chi connectivity index (χ4v) is 3.50. The normalized spacial score (nSPS) is 23.2. The summed E-state index contributed by atoms with van der Waals surface area (Å²) in [7, 11) is 0. The van der Waals surface area contributed by atoms with Crippen molar-refractivity contribution in [3.8, 4) is 0 Å². The number of carbonyl (C=O) groups is 2. The molecule has 0 bridgehead atoms. The molecule has 4 nitrogen and oxygen atoms in total. The maximum absolute atomic E-state index is 12.6. The Bertz CT molecular complexity index is 923. The van der Waals surface area contributed by atoms with Gasteiger partial charge in [0.05, 0.1) is 11.1 Å². The number of hydrogen-bond acceptors (Lipinski definition) is 4. The van der Waals surface area contributed by atoms with Gasteiger partial charge >= 0.3 is 0 Å². The van der Waals surface area contributed by atoms with Crippen LogP contribution in [0.3, 0.4) is 0 Å². The van der Waals surface area contributed by atoms with Crippen LogP contribution in [-0.4, -0.2) is 21.8 Å². The van der Waals surface area contributed by atoms with Crippen LogP contribution >= 0.6 is 0 Å². The zero-order chi connectivity index (χ0) is 17.6. The lowest BCUT2D eigenvalue weighted by atomic mass is 9.86. The Labute approximate surface area is 144 Å². The number of carbonyl (C=O) groups excluding carboxylic acids is 2. The summed E-state index contributed by atoms with van der Waals surface area (Å²) in [6.07, 6.45) is 0.677. The molecule has 0 amide bonds. The zero-order valence-electron chi connectivity index (χ0n) is 13.3. The Balaban J connectivity index is 1.70. The number of ketones is 2. The van der Waals surface area contributed by atoms with E-state index in [2.05, 4.69) is 0 Å². The zero-order valence-corrected chi connectivity index (χ0v) is 13.3. The van der Waals surface area contributed by atoms with Crippen LogP contribution in [0.4, 0.5) is 0 Å². The molecule has 0 aromatic heterocycles. The summed E-state index contributed by atoms with van der Waals surface area (Å²) in [5.41, 5.74) is 1.38. The lowest BCUT2D eigenvalue weighted by molar-refractivity contribution is -0.118. The van der Waals surface area contributed by atoms with Crippen LogP contribution in [-0.2, 0) is 9.59 Å². The van der Waals surface area contributed by atoms with Gasteiger partial charge in [0.2, 0.25) is 11.6 Å². The second-order valence-electron chi connectivity index (χ2n) is 6.37. The van der Waals surface area contributed by atoms with Gasteiger partial charge in [-0.15, -0.1) is 0 Å². The number of benzene rings is 2. The van der Waals surface area contributed by atoms with E-state index in [0.29, 0.717) is 12.0 Å². The molecule has 2 N–H and O–H groups in total. The van der Waals surface area contributed by atoms with E-state index in [-0.39, 0.29) is 23.0 Å². The van der Waals surface area contributed by atoms with Gasteiger partial charge in [-0.05, 0) is 29.4 Å². The van der Waals surface area contributed by atoms with E-state index in [0.717, 1.165) is 5.56 Å². The first-order valence-electron chi connectivity index (χ1n) is 8.15. The minimum Gasteiger partial charge on any atom is -0.504 e. The summed E-state index contributed by atoms with van der Waals surface area (Å²) in [5, 5.41) is 20.7. The third kappa shape index (κ3) is 2.47. The molecular formula is C21H16O4. The average Bonchev–Trinajstić information content (AvgIpc) is 3.43. The Hall–Kier alpha value is -3.14. The van der Waals surface area contributed by atoms with Gasteiger partial charge in [-0.2, -0.15) is 0 Å². The molecule has 1 fully saturated rings. The third-order valence-corrected chi connectivity index (χ3v) is 4.85. The predicted octanol–water partition coefficient (Wildman–Crippen LogP) is 3.72. The van der Waals surface area contributed by atoms with Gasteiger partial charge in [-0.25, -0.2) is 0 Å². The van der Waals surface area contributed by atoms with Gasteiger partial charge in [-0.1, -0.05) is 60.7 Å². The maximum atomic E-state index is 12.6. The maximum Gasteiger partial charge on any atom is 0.232 e. The molecule has 0 aliphatic heterocycles. The van der Waals surface area contributed by atoms with Crippen LogP contribution < -0.4 is 0 Å². The second kappa shape index (κ2) is 5.74. The van der Waals surface area contributed by atoms with Gasteiger partial charge in [-0.3, -0.25) is 9.59 Å². The molecule has 124 valence electrons. The fraction of sp³-hybridized carbons (Fsp3) is 0.143. The molecule has 4 heteroatoms. The monoisotopic (exact) mass is 332 g/mol. The number of allylic oxidation sites excluding steroid dienone is 2. The van der Waals surface area contributed by atoms with Crippen LogP contribution in [0.2, 0.25) is 0 Å². The van der Waals surface area contributed by atoms with Gasteiger partial charge in [0.15, 0.2) is 11.5 Å². The van der Waals surface area contributed by atoms with Crippen LogP contribution in [0.1, 0.15) is 23.5 Å². The Morgan fingerprint density at radius 2 is 1.32 bits per heavy atom. The van der Waals surface area contributed by atoms with E-state index in [1.807, 2.05) is 30.3 Å². The molecule has 2 aliphatic rings. The van der Waals surface area contributed by atoms with Crippen molar-refractivity contribution < 1.29 is 19.8 Å². The van der Waals surface area contributed by atoms with E-state index in [4.69, 9.17) is 0 Å². The number of rotatable bonds is 3. The van der Waals surface area contributed by atoms with Crippen LogP contribution in [0, 0.1) is 5.92 Å². The van der Waals surface area contributed by atoms with Gasteiger partial charge in [0.25, 0.3) is 0 Å².